The van der Waals surface area contributed by atoms with Gasteiger partial charge in [-0.2, -0.15) is 0 Å². The first kappa shape index (κ1) is 19.2. The summed E-state index contributed by atoms with van der Waals surface area (Å²) >= 11 is 0. The highest BCUT2D eigenvalue weighted by Gasteiger charge is 1.87. The van der Waals surface area contributed by atoms with Crippen molar-refractivity contribution < 1.29 is 9.47 Å². The van der Waals surface area contributed by atoms with E-state index in [1.165, 1.54) is 14.2 Å². The van der Waals surface area contributed by atoms with E-state index in [1.807, 2.05) is 0 Å². The lowest BCUT2D eigenvalue weighted by atomic mass is 10.7. The third kappa shape index (κ3) is 19.1. The summed E-state index contributed by atoms with van der Waals surface area (Å²) in [6.07, 6.45) is -0.685. The molecule has 8 nitrogen and oxygen atoms in total. The van der Waals surface area contributed by atoms with Gasteiger partial charge in [0, 0.05) is 24.0 Å². The number of ether oxygens (including phenoxy) is 2. The van der Waals surface area contributed by atoms with Crippen molar-refractivity contribution in [2.45, 2.75) is 33.7 Å². The van der Waals surface area contributed by atoms with E-state index in [0.29, 0.717) is 0 Å². The molecule has 8 heteroatoms. The van der Waals surface area contributed by atoms with Crippen LogP contribution in [0.2, 0.25) is 0 Å². The van der Waals surface area contributed by atoms with Gasteiger partial charge < -0.3 is 9.47 Å². The second kappa shape index (κ2) is 15.0. The predicted molar refractivity (Wildman–Crippen MR) is 58.0 cm³/mol. The zero-order valence-electron chi connectivity index (χ0n) is 8.65. The Morgan fingerprint density at radius 2 is 1.20 bits per heavy atom. The summed E-state index contributed by atoms with van der Waals surface area (Å²) in [7, 11) is 2.97. The van der Waals surface area contributed by atoms with E-state index in [9.17, 15) is 0 Å². The molecule has 0 N–H and O–H groups in total. The van der Waals surface area contributed by atoms with Gasteiger partial charge in [-0.25, -0.2) is 0 Å². The minimum Gasteiger partial charge on any atom is -0.376 e. The molecule has 0 saturated heterocycles. The van der Waals surface area contributed by atoms with Gasteiger partial charge in [0.2, 0.25) is 0 Å². The molecule has 0 aromatic carbocycles. The van der Waals surface area contributed by atoms with Crippen molar-refractivity contribution in [1.82, 2.24) is 0 Å². The molecule has 0 bridgehead atoms. The third-order valence-electron chi connectivity index (χ3n) is 1.11. The third-order valence-corrected chi connectivity index (χ3v) is 1.11. The molecule has 0 heterocycles. The molecule has 15 heavy (non-hydrogen) atoms. The van der Waals surface area contributed by atoms with E-state index in [2.05, 4.69) is 29.5 Å². The van der Waals surface area contributed by atoms with E-state index in [0.717, 1.165) is 0 Å². The summed E-state index contributed by atoms with van der Waals surface area (Å²) in [4.78, 5) is 5.01. The Balaban J connectivity index is -0.000000180. The van der Waals surface area contributed by atoms with Crippen LogP contribution in [0.1, 0.15) is 21.3 Å². The molecular weight excluding hydrogens is 200 g/mol. The minimum absolute atomic E-state index is 0. The van der Waals surface area contributed by atoms with Crippen molar-refractivity contribution in [3.63, 3.8) is 0 Å². The van der Waals surface area contributed by atoms with Crippen LogP contribution >= 0.6 is 0 Å². The molecule has 2 atom stereocenters. The van der Waals surface area contributed by atoms with Crippen LogP contribution in [0.4, 0.5) is 0 Å². The van der Waals surface area contributed by atoms with E-state index in [1.54, 1.807) is 13.8 Å². The molecular formula is C7H18N6O2. The van der Waals surface area contributed by atoms with E-state index in [-0.39, 0.29) is 19.9 Å². The normalized spacial score (nSPS) is 11.5. The Kier molecular flexibility index (Phi) is 19.2. The molecule has 0 aliphatic rings. The monoisotopic (exact) mass is 218 g/mol. The van der Waals surface area contributed by atoms with Gasteiger partial charge in [-0.3, -0.25) is 0 Å². The van der Waals surface area contributed by atoms with Crippen molar-refractivity contribution in [2.75, 3.05) is 14.2 Å². The Bertz CT molecular complexity index is 198. The number of nitrogens with zero attached hydrogens (tertiary/aromatic N) is 6. The van der Waals surface area contributed by atoms with Crippen LogP contribution in [0.15, 0.2) is 10.2 Å². The zero-order valence-corrected chi connectivity index (χ0v) is 8.65. The number of rotatable bonds is 4. The number of methoxy groups -OCH3 is 2. The Hall–Kier alpha value is -1.46. The maximum atomic E-state index is 7.75. The lowest BCUT2D eigenvalue weighted by Crippen LogP contribution is -1.96. The van der Waals surface area contributed by atoms with Gasteiger partial charge in [0.25, 0.3) is 0 Å². The van der Waals surface area contributed by atoms with Crippen molar-refractivity contribution in [3.8, 4) is 0 Å². The Morgan fingerprint density at radius 3 is 1.27 bits per heavy atom. The lowest BCUT2D eigenvalue weighted by molar-refractivity contribution is 0.124. The minimum atomic E-state index is -0.343. The van der Waals surface area contributed by atoms with Crippen LogP contribution < -0.4 is 0 Å². The first-order valence-electron chi connectivity index (χ1n) is 3.76. The summed E-state index contributed by atoms with van der Waals surface area (Å²) in [5.41, 5.74) is 15.5. The SMILES string of the molecule is C.COC(C)N=[N+]=[N-].COC(C)N=[N+]=[N-]. The molecule has 2 unspecified atom stereocenters. The van der Waals surface area contributed by atoms with Gasteiger partial charge in [0.15, 0.2) is 0 Å². The van der Waals surface area contributed by atoms with Gasteiger partial charge in [0.05, 0.1) is 0 Å². The van der Waals surface area contributed by atoms with Crippen molar-refractivity contribution in [1.29, 1.82) is 0 Å². The summed E-state index contributed by atoms with van der Waals surface area (Å²) < 4.78 is 9.14. The molecule has 0 aromatic heterocycles. The number of hydrogen-bond acceptors (Lipinski definition) is 4. The zero-order chi connectivity index (χ0) is 11.4. The lowest BCUT2D eigenvalue weighted by Gasteiger charge is -1.95. The van der Waals surface area contributed by atoms with E-state index in [4.69, 9.17) is 11.1 Å². The van der Waals surface area contributed by atoms with Crippen molar-refractivity contribution in [2.24, 2.45) is 10.2 Å². The van der Waals surface area contributed by atoms with Gasteiger partial charge in [-0.15, -0.1) is 0 Å². The van der Waals surface area contributed by atoms with E-state index < -0.39 is 0 Å². The quantitative estimate of drug-likeness (QED) is 0.409. The standard InChI is InChI=1S/2C3H7N3O.CH4/c2*1-3(7-2)5-6-4;/h2*3H,1-2H3;1H4. The first-order chi connectivity index (χ1) is 6.62. The molecule has 0 spiro atoms. The maximum Gasteiger partial charge on any atom is 0.133 e. The fourth-order valence-corrected chi connectivity index (χ4v) is 0.240. The van der Waals surface area contributed by atoms with Crippen molar-refractivity contribution in [3.05, 3.63) is 20.9 Å². The second-order valence-corrected chi connectivity index (χ2v) is 2.08. The summed E-state index contributed by atoms with van der Waals surface area (Å²) in [6.45, 7) is 3.33. The molecule has 0 amide bonds. The number of hydrogen-bond donors (Lipinski definition) is 0. The molecule has 0 fully saturated rings. The fourth-order valence-electron chi connectivity index (χ4n) is 0.240. The predicted octanol–water partition coefficient (Wildman–Crippen LogP) is 3.21. The molecule has 0 aliphatic heterocycles. The van der Waals surface area contributed by atoms with Crippen LogP contribution in [0.5, 0.6) is 0 Å². The Labute approximate surface area is 89.4 Å². The van der Waals surface area contributed by atoms with Gasteiger partial charge >= 0.3 is 0 Å². The van der Waals surface area contributed by atoms with Gasteiger partial charge in [-0.05, 0) is 24.9 Å². The highest BCUT2D eigenvalue weighted by Crippen LogP contribution is 1.87. The average molecular weight is 218 g/mol. The van der Waals surface area contributed by atoms with Crippen LogP contribution in [0.3, 0.4) is 0 Å². The topological polar surface area (TPSA) is 116 Å². The second-order valence-electron chi connectivity index (χ2n) is 2.08. The van der Waals surface area contributed by atoms with Crippen LogP contribution in [-0.2, 0) is 9.47 Å². The highest BCUT2D eigenvalue weighted by atomic mass is 16.5. The molecule has 0 aromatic rings. The van der Waals surface area contributed by atoms with Gasteiger partial charge in [0.1, 0.15) is 12.5 Å². The highest BCUT2D eigenvalue weighted by molar-refractivity contribution is 4.45. The van der Waals surface area contributed by atoms with Crippen LogP contribution in [0.25, 0.3) is 20.9 Å². The largest absolute Gasteiger partial charge is 0.376 e. The summed E-state index contributed by atoms with van der Waals surface area (Å²) in [5, 5.41) is 6.40. The van der Waals surface area contributed by atoms with Crippen LogP contribution in [-0.4, -0.2) is 26.7 Å². The smallest absolute Gasteiger partial charge is 0.133 e. The van der Waals surface area contributed by atoms with Crippen LogP contribution in [0, 0.1) is 0 Å². The Morgan fingerprint density at radius 1 is 0.933 bits per heavy atom. The molecule has 0 aliphatic carbocycles. The first-order valence-corrected chi connectivity index (χ1v) is 3.76. The van der Waals surface area contributed by atoms with E-state index >= 15 is 0 Å². The fraction of sp³-hybridized carbons (Fsp3) is 1.00. The molecule has 0 rings (SSSR count). The van der Waals surface area contributed by atoms with Gasteiger partial charge in [-0.1, -0.05) is 17.7 Å². The molecule has 0 saturated carbocycles. The average Bonchev–Trinajstić information content (AvgIpc) is 2.19. The molecule has 88 valence electrons. The summed E-state index contributed by atoms with van der Waals surface area (Å²) in [5.74, 6) is 0. The summed E-state index contributed by atoms with van der Waals surface area (Å²) in [6, 6.07) is 0. The van der Waals surface area contributed by atoms with Crippen molar-refractivity contribution >= 4 is 0 Å². The maximum absolute atomic E-state index is 7.75. The molecule has 0 radical (unpaired) electrons. The number of azide groups is 2.